The predicted octanol–water partition coefficient (Wildman–Crippen LogP) is 2.59. The third-order valence-electron chi connectivity index (χ3n) is 4.59. The van der Waals surface area contributed by atoms with Crippen LogP contribution in [0, 0.1) is 0 Å². The Morgan fingerprint density at radius 1 is 1.00 bits per heavy atom. The zero-order chi connectivity index (χ0) is 20.2. The van der Waals surface area contributed by atoms with Crippen LogP contribution in [0.2, 0.25) is 5.02 Å². The van der Waals surface area contributed by atoms with Gasteiger partial charge in [-0.25, -0.2) is 0 Å². The maximum atomic E-state index is 12.5. The number of fused-ring (bicyclic) bond motifs is 1. The van der Waals surface area contributed by atoms with Crippen LogP contribution in [-0.4, -0.2) is 56.4 Å². The highest BCUT2D eigenvalue weighted by Crippen LogP contribution is 2.39. The molecule has 0 aromatic heterocycles. The molecule has 0 atom stereocenters. The topological polar surface area (TPSA) is 89.1 Å². The van der Waals surface area contributed by atoms with Gasteiger partial charge in [0.25, 0.3) is 5.91 Å². The van der Waals surface area contributed by atoms with Crippen molar-refractivity contribution in [1.29, 1.82) is 0 Å². The minimum absolute atomic E-state index is 0.0822. The van der Waals surface area contributed by atoms with E-state index < -0.39 is 0 Å². The van der Waals surface area contributed by atoms with Crippen molar-refractivity contribution in [3.8, 4) is 11.5 Å². The van der Waals surface area contributed by atoms with E-state index in [9.17, 15) is 9.59 Å². The number of hydrogen-bond donors (Lipinski definition) is 2. The molecule has 2 N–H and O–H groups in total. The average Bonchev–Trinajstić information content (AvgIpc) is 3.19. The first-order valence-corrected chi connectivity index (χ1v) is 9.57. The second kappa shape index (κ2) is 8.69. The molecular formula is C20H20ClN3O5. The van der Waals surface area contributed by atoms with E-state index in [-0.39, 0.29) is 18.6 Å². The smallest absolute Gasteiger partial charge is 0.255 e. The van der Waals surface area contributed by atoms with Gasteiger partial charge in [-0.05, 0) is 36.4 Å². The lowest BCUT2D eigenvalue weighted by Crippen LogP contribution is -2.41. The van der Waals surface area contributed by atoms with Crippen molar-refractivity contribution in [3.05, 3.63) is 47.0 Å². The lowest BCUT2D eigenvalue weighted by Gasteiger charge is -2.25. The Labute approximate surface area is 172 Å². The highest BCUT2D eigenvalue weighted by atomic mass is 35.5. The number of carbonyl (C=O) groups excluding carboxylic acids is 2. The zero-order valence-corrected chi connectivity index (χ0v) is 16.3. The molecule has 9 heteroatoms. The van der Waals surface area contributed by atoms with Gasteiger partial charge in [0.2, 0.25) is 12.7 Å². The van der Waals surface area contributed by atoms with Gasteiger partial charge in [-0.3, -0.25) is 14.5 Å². The van der Waals surface area contributed by atoms with E-state index in [0.29, 0.717) is 53.2 Å². The molecule has 1 saturated heterocycles. The minimum Gasteiger partial charge on any atom is -0.454 e. The summed E-state index contributed by atoms with van der Waals surface area (Å²) in [6.07, 6.45) is 0. The zero-order valence-electron chi connectivity index (χ0n) is 15.6. The first-order chi connectivity index (χ1) is 14.1. The second-order valence-electron chi connectivity index (χ2n) is 6.66. The molecule has 2 aromatic rings. The summed E-state index contributed by atoms with van der Waals surface area (Å²) < 4.78 is 15.8. The number of amides is 2. The third-order valence-corrected chi connectivity index (χ3v) is 4.87. The molecule has 2 aliphatic heterocycles. The van der Waals surface area contributed by atoms with Crippen LogP contribution in [0.4, 0.5) is 11.4 Å². The number of carbonyl (C=O) groups is 2. The van der Waals surface area contributed by atoms with Crippen LogP contribution in [0.5, 0.6) is 11.5 Å². The Bertz CT molecular complexity index is 913. The summed E-state index contributed by atoms with van der Waals surface area (Å²) in [5.41, 5.74) is 1.62. The minimum atomic E-state index is -0.325. The van der Waals surface area contributed by atoms with Crippen LogP contribution >= 0.6 is 11.6 Å². The Kier molecular flexibility index (Phi) is 5.84. The predicted molar refractivity (Wildman–Crippen MR) is 108 cm³/mol. The maximum Gasteiger partial charge on any atom is 0.255 e. The van der Waals surface area contributed by atoms with E-state index in [1.807, 2.05) is 4.90 Å². The standard InChI is InChI=1S/C20H20ClN3O5/c21-16-9-13(10-17-19(16)29-12-28-17)20(26)23-15-3-1-14(2-4-15)22-18(25)11-24-5-7-27-8-6-24/h1-4,9-10H,5-8,11-12H2,(H,22,25)(H,23,26). The summed E-state index contributed by atoms with van der Waals surface area (Å²) in [6.45, 7) is 3.21. The highest BCUT2D eigenvalue weighted by Gasteiger charge is 2.21. The van der Waals surface area contributed by atoms with Crippen LogP contribution in [0.3, 0.4) is 0 Å². The third kappa shape index (κ3) is 4.79. The average molecular weight is 418 g/mol. The molecular weight excluding hydrogens is 398 g/mol. The summed E-state index contributed by atoms with van der Waals surface area (Å²) in [5, 5.41) is 5.97. The van der Waals surface area contributed by atoms with E-state index in [2.05, 4.69) is 10.6 Å². The monoisotopic (exact) mass is 417 g/mol. The molecule has 1 fully saturated rings. The molecule has 0 unspecified atom stereocenters. The van der Waals surface area contributed by atoms with Gasteiger partial charge in [0.05, 0.1) is 24.8 Å². The molecule has 152 valence electrons. The number of anilines is 2. The Morgan fingerprint density at radius 3 is 2.41 bits per heavy atom. The first-order valence-electron chi connectivity index (χ1n) is 9.19. The lowest BCUT2D eigenvalue weighted by atomic mass is 10.1. The number of halogens is 1. The summed E-state index contributed by atoms with van der Waals surface area (Å²) in [4.78, 5) is 26.7. The van der Waals surface area contributed by atoms with Gasteiger partial charge < -0.3 is 24.8 Å². The Morgan fingerprint density at radius 2 is 1.69 bits per heavy atom. The number of morpholine rings is 1. The molecule has 0 aliphatic carbocycles. The first kappa shape index (κ1) is 19.5. The summed E-state index contributed by atoms with van der Waals surface area (Å²) in [5.74, 6) is 0.481. The lowest BCUT2D eigenvalue weighted by molar-refractivity contribution is -0.118. The normalized spacial score (nSPS) is 15.8. The molecule has 2 heterocycles. The van der Waals surface area contributed by atoms with Gasteiger partial charge in [0.1, 0.15) is 0 Å². The van der Waals surface area contributed by atoms with E-state index in [1.165, 1.54) is 6.07 Å². The number of hydrogen-bond acceptors (Lipinski definition) is 6. The van der Waals surface area contributed by atoms with Crippen LogP contribution < -0.4 is 20.1 Å². The molecule has 0 spiro atoms. The number of rotatable bonds is 5. The van der Waals surface area contributed by atoms with E-state index in [4.69, 9.17) is 25.8 Å². The highest BCUT2D eigenvalue weighted by molar-refractivity contribution is 6.32. The van der Waals surface area contributed by atoms with Crippen LogP contribution in [0.1, 0.15) is 10.4 Å². The molecule has 2 aromatic carbocycles. The molecule has 2 aliphatic rings. The fourth-order valence-electron chi connectivity index (χ4n) is 3.10. The number of nitrogens with one attached hydrogen (secondary N) is 2. The van der Waals surface area contributed by atoms with Crippen molar-refractivity contribution in [2.75, 3.05) is 50.3 Å². The van der Waals surface area contributed by atoms with E-state index in [0.717, 1.165) is 13.1 Å². The van der Waals surface area contributed by atoms with Gasteiger partial charge in [0, 0.05) is 30.0 Å². The van der Waals surface area contributed by atoms with Crippen LogP contribution in [0.25, 0.3) is 0 Å². The number of ether oxygens (including phenoxy) is 3. The summed E-state index contributed by atoms with van der Waals surface area (Å²) in [6, 6.07) is 10.0. The molecule has 29 heavy (non-hydrogen) atoms. The van der Waals surface area contributed by atoms with Gasteiger partial charge in [-0.1, -0.05) is 11.6 Å². The number of nitrogens with zero attached hydrogens (tertiary/aromatic N) is 1. The largest absolute Gasteiger partial charge is 0.454 e. The van der Waals surface area contributed by atoms with Crippen molar-refractivity contribution >= 4 is 34.8 Å². The fourth-order valence-corrected chi connectivity index (χ4v) is 3.37. The van der Waals surface area contributed by atoms with Crippen molar-refractivity contribution in [3.63, 3.8) is 0 Å². The Balaban J connectivity index is 1.34. The molecule has 4 rings (SSSR count). The molecule has 8 nitrogen and oxygen atoms in total. The number of benzene rings is 2. The summed E-state index contributed by atoms with van der Waals surface area (Å²) in [7, 11) is 0. The van der Waals surface area contributed by atoms with Crippen molar-refractivity contribution in [2.24, 2.45) is 0 Å². The molecule has 0 bridgehead atoms. The quantitative estimate of drug-likeness (QED) is 0.777. The van der Waals surface area contributed by atoms with Gasteiger partial charge in [0.15, 0.2) is 11.5 Å². The molecule has 0 radical (unpaired) electrons. The van der Waals surface area contributed by atoms with Crippen LogP contribution in [0.15, 0.2) is 36.4 Å². The van der Waals surface area contributed by atoms with Crippen molar-refractivity contribution < 1.29 is 23.8 Å². The van der Waals surface area contributed by atoms with Gasteiger partial charge >= 0.3 is 0 Å². The molecule has 0 saturated carbocycles. The van der Waals surface area contributed by atoms with E-state index >= 15 is 0 Å². The van der Waals surface area contributed by atoms with Gasteiger partial charge in [-0.15, -0.1) is 0 Å². The maximum absolute atomic E-state index is 12.5. The van der Waals surface area contributed by atoms with Crippen LogP contribution in [-0.2, 0) is 9.53 Å². The SMILES string of the molecule is O=C(CN1CCOCC1)Nc1ccc(NC(=O)c2cc(Cl)c3c(c2)OCO3)cc1. The van der Waals surface area contributed by atoms with E-state index in [1.54, 1.807) is 30.3 Å². The fraction of sp³-hybridized carbons (Fsp3) is 0.300. The molecule has 2 amide bonds. The van der Waals surface area contributed by atoms with Crippen molar-refractivity contribution in [2.45, 2.75) is 0 Å². The second-order valence-corrected chi connectivity index (χ2v) is 7.07. The Hall–Kier alpha value is -2.81. The van der Waals surface area contributed by atoms with Crippen molar-refractivity contribution in [1.82, 2.24) is 4.90 Å². The van der Waals surface area contributed by atoms with Gasteiger partial charge in [-0.2, -0.15) is 0 Å². The summed E-state index contributed by atoms with van der Waals surface area (Å²) >= 11 is 6.13.